The largest absolute Gasteiger partial charge is 0.447 e. The zero-order valence-corrected chi connectivity index (χ0v) is 11.5. The Morgan fingerprint density at radius 1 is 1.47 bits per heavy atom. The predicted molar refractivity (Wildman–Crippen MR) is 68.8 cm³/mol. The van der Waals surface area contributed by atoms with Crippen molar-refractivity contribution in [1.82, 2.24) is 20.2 Å². The number of aromatic nitrogens is 2. The van der Waals surface area contributed by atoms with Crippen LogP contribution in [0.2, 0.25) is 0 Å². The number of hydrogen-bond donors (Lipinski definition) is 3. The monoisotopic (exact) mass is 284 g/mol. The van der Waals surface area contributed by atoms with Crippen LogP contribution in [0.3, 0.4) is 0 Å². The standard InChI is InChI=1S/C11H16N4O3S/c1-8(9-5-13-14-6-9)15-19(16,17)11-4-3-10(18-11)7-12-2/h3-6,8,12,15H,7H2,1-2H3,(H,13,14). The molecular formula is C11H16N4O3S. The van der Waals surface area contributed by atoms with Gasteiger partial charge in [0.15, 0.2) is 0 Å². The minimum absolute atomic E-state index is 0.0897. The third-order valence-corrected chi connectivity index (χ3v) is 4.02. The molecule has 0 aliphatic rings. The molecule has 2 aromatic heterocycles. The SMILES string of the molecule is CNCc1ccc(S(=O)(=O)NC(C)c2cn[nH]c2)o1. The first-order valence-electron chi connectivity index (χ1n) is 5.77. The van der Waals surface area contributed by atoms with E-state index in [0.29, 0.717) is 12.3 Å². The number of H-pyrrole nitrogens is 1. The molecule has 3 N–H and O–H groups in total. The van der Waals surface area contributed by atoms with Crippen molar-refractivity contribution in [2.45, 2.75) is 24.6 Å². The Balaban J connectivity index is 2.13. The van der Waals surface area contributed by atoms with Crippen LogP contribution in [-0.4, -0.2) is 25.7 Å². The second-order valence-electron chi connectivity index (χ2n) is 4.13. The van der Waals surface area contributed by atoms with E-state index in [9.17, 15) is 8.42 Å². The molecule has 2 rings (SSSR count). The molecule has 0 bridgehead atoms. The van der Waals surface area contributed by atoms with Gasteiger partial charge in [-0.25, -0.2) is 13.1 Å². The summed E-state index contributed by atoms with van der Waals surface area (Å²) in [6, 6.07) is 2.69. The van der Waals surface area contributed by atoms with E-state index in [1.807, 2.05) is 0 Å². The van der Waals surface area contributed by atoms with Gasteiger partial charge in [0, 0.05) is 17.8 Å². The summed E-state index contributed by atoms with van der Waals surface area (Å²) in [4.78, 5) is 0. The topological polar surface area (TPSA) is 100 Å². The summed E-state index contributed by atoms with van der Waals surface area (Å²) in [6.45, 7) is 2.21. The van der Waals surface area contributed by atoms with Crippen molar-refractivity contribution in [3.63, 3.8) is 0 Å². The molecule has 2 aromatic rings. The molecule has 8 heteroatoms. The van der Waals surface area contributed by atoms with Gasteiger partial charge in [-0.3, -0.25) is 5.10 Å². The maximum absolute atomic E-state index is 12.1. The second kappa shape index (κ2) is 5.55. The van der Waals surface area contributed by atoms with Crippen LogP contribution in [0.25, 0.3) is 0 Å². The van der Waals surface area contributed by atoms with E-state index < -0.39 is 10.0 Å². The van der Waals surface area contributed by atoms with Crippen LogP contribution in [0.15, 0.2) is 34.0 Å². The van der Waals surface area contributed by atoms with Crippen molar-refractivity contribution in [2.75, 3.05) is 7.05 Å². The van der Waals surface area contributed by atoms with Crippen molar-refractivity contribution in [1.29, 1.82) is 0 Å². The number of rotatable bonds is 6. The smallest absolute Gasteiger partial charge is 0.274 e. The fourth-order valence-corrected chi connectivity index (χ4v) is 2.81. The van der Waals surface area contributed by atoms with Crippen LogP contribution in [0.1, 0.15) is 24.3 Å². The lowest BCUT2D eigenvalue weighted by Crippen LogP contribution is -2.26. The van der Waals surface area contributed by atoms with Crippen LogP contribution >= 0.6 is 0 Å². The van der Waals surface area contributed by atoms with Crippen molar-refractivity contribution >= 4 is 10.0 Å². The van der Waals surface area contributed by atoms with Gasteiger partial charge in [-0.2, -0.15) is 5.10 Å². The van der Waals surface area contributed by atoms with Gasteiger partial charge in [0.25, 0.3) is 10.0 Å². The van der Waals surface area contributed by atoms with Crippen LogP contribution in [0.4, 0.5) is 0 Å². The normalized spacial score (nSPS) is 13.6. The average Bonchev–Trinajstić information content (AvgIpc) is 2.99. The highest BCUT2D eigenvalue weighted by Gasteiger charge is 2.22. The number of nitrogens with zero attached hydrogens (tertiary/aromatic N) is 1. The summed E-state index contributed by atoms with van der Waals surface area (Å²) in [5.41, 5.74) is 0.755. The summed E-state index contributed by atoms with van der Waals surface area (Å²) < 4.78 is 32.0. The van der Waals surface area contributed by atoms with Gasteiger partial charge in [-0.1, -0.05) is 0 Å². The quantitative estimate of drug-likeness (QED) is 0.727. The Morgan fingerprint density at radius 3 is 2.89 bits per heavy atom. The molecule has 0 aliphatic heterocycles. The van der Waals surface area contributed by atoms with Crippen molar-refractivity contribution in [3.05, 3.63) is 35.9 Å². The molecule has 1 unspecified atom stereocenters. The molecule has 0 saturated carbocycles. The minimum atomic E-state index is -3.67. The molecule has 0 aliphatic carbocycles. The summed E-state index contributed by atoms with van der Waals surface area (Å²) in [6.07, 6.45) is 3.21. The Kier molecular flexibility index (Phi) is 4.03. The molecule has 7 nitrogen and oxygen atoms in total. The van der Waals surface area contributed by atoms with E-state index in [1.165, 1.54) is 6.07 Å². The summed E-state index contributed by atoms with van der Waals surface area (Å²) in [5.74, 6) is 0.568. The molecule has 0 aromatic carbocycles. The van der Waals surface area contributed by atoms with E-state index in [-0.39, 0.29) is 11.1 Å². The van der Waals surface area contributed by atoms with Crippen LogP contribution in [0.5, 0.6) is 0 Å². The van der Waals surface area contributed by atoms with E-state index in [2.05, 4.69) is 20.2 Å². The van der Waals surface area contributed by atoms with Gasteiger partial charge >= 0.3 is 0 Å². The van der Waals surface area contributed by atoms with Crippen LogP contribution in [0, 0.1) is 0 Å². The Hall–Kier alpha value is -1.64. The molecule has 1 atom stereocenters. The summed E-state index contributed by atoms with van der Waals surface area (Å²) >= 11 is 0. The number of aromatic amines is 1. The summed E-state index contributed by atoms with van der Waals surface area (Å²) in [5, 5.41) is 9.22. The third kappa shape index (κ3) is 3.22. The Bertz CT molecular complexity index is 618. The van der Waals surface area contributed by atoms with E-state index in [1.54, 1.807) is 32.4 Å². The Labute approximate surface area is 111 Å². The van der Waals surface area contributed by atoms with Crippen LogP contribution in [-0.2, 0) is 16.6 Å². The Morgan fingerprint density at radius 2 is 2.26 bits per heavy atom. The lowest BCUT2D eigenvalue weighted by atomic mass is 10.2. The van der Waals surface area contributed by atoms with Gasteiger partial charge < -0.3 is 9.73 Å². The lowest BCUT2D eigenvalue weighted by molar-refractivity contribution is 0.403. The van der Waals surface area contributed by atoms with E-state index in [4.69, 9.17) is 4.42 Å². The predicted octanol–water partition coefficient (Wildman–Crippen LogP) is 0.762. The van der Waals surface area contributed by atoms with Crippen molar-refractivity contribution < 1.29 is 12.8 Å². The van der Waals surface area contributed by atoms with E-state index >= 15 is 0 Å². The second-order valence-corrected chi connectivity index (χ2v) is 5.77. The number of sulfonamides is 1. The third-order valence-electron chi connectivity index (χ3n) is 2.60. The molecular weight excluding hydrogens is 268 g/mol. The number of hydrogen-bond acceptors (Lipinski definition) is 5. The molecule has 0 amide bonds. The van der Waals surface area contributed by atoms with Gasteiger partial charge in [0.1, 0.15) is 5.76 Å². The van der Waals surface area contributed by atoms with Crippen LogP contribution < -0.4 is 10.0 Å². The molecule has 0 radical (unpaired) electrons. The van der Waals surface area contributed by atoms with Crippen molar-refractivity contribution in [2.24, 2.45) is 0 Å². The highest BCUT2D eigenvalue weighted by Crippen LogP contribution is 2.18. The molecule has 19 heavy (non-hydrogen) atoms. The van der Waals surface area contributed by atoms with E-state index in [0.717, 1.165) is 5.56 Å². The first-order chi connectivity index (χ1) is 9.03. The summed E-state index contributed by atoms with van der Waals surface area (Å²) in [7, 11) is -1.91. The van der Waals surface area contributed by atoms with Crippen molar-refractivity contribution in [3.8, 4) is 0 Å². The van der Waals surface area contributed by atoms with Gasteiger partial charge in [-0.15, -0.1) is 0 Å². The molecule has 0 spiro atoms. The maximum Gasteiger partial charge on any atom is 0.274 e. The first-order valence-corrected chi connectivity index (χ1v) is 7.25. The van der Waals surface area contributed by atoms with Gasteiger partial charge in [-0.05, 0) is 26.1 Å². The van der Waals surface area contributed by atoms with Gasteiger partial charge in [0.05, 0.1) is 12.7 Å². The fraction of sp³-hybridized carbons (Fsp3) is 0.364. The minimum Gasteiger partial charge on any atom is -0.447 e. The highest BCUT2D eigenvalue weighted by atomic mass is 32.2. The number of furan rings is 1. The molecule has 104 valence electrons. The molecule has 2 heterocycles. The van der Waals surface area contributed by atoms with Gasteiger partial charge in [0.2, 0.25) is 5.09 Å². The highest BCUT2D eigenvalue weighted by molar-refractivity contribution is 7.89. The fourth-order valence-electron chi connectivity index (χ4n) is 1.63. The average molecular weight is 284 g/mol. The zero-order valence-electron chi connectivity index (χ0n) is 10.7. The lowest BCUT2D eigenvalue weighted by Gasteiger charge is -2.10. The first kappa shape index (κ1) is 13.8. The maximum atomic E-state index is 12.1. The zero-order chi connectivity index (χ0) is 13.9. The molecule has 0 saturated heterocycles. The number of nitrogens with one attached hydrogen (secondary N) is 3. The molecule has 0 fully saturated rings.